The predicted molar refractivity (Wildman–Crippen MR) is 85.5 cm³/mol. The van der Waals surface area contributed by atoms with Gasteiger partial charge < -0.3 is 14.3 Å². The van der Waals surface area contributed by atoms with E-state index in [1.807, 2.05) is 19.1 Å². The van der Waals surface area contributed by atoms with Crippen LogP contribution in [0.5, 0.6) is 5.75 Å². The van der Waals surface area contributed by atoms with Gasteiger partial charge in [0.2, 0.25) is 0 Å². The van der Waals surface area contributed by atoms with Gasteiger partial charge in [0.1, 0.15) is 11.3 Å². The maximum absolute atomic E-state index is 11.3. The third-order valence-electron chi connectivity index (χ3n) is 2.86. The Balaban J connectivity index is 0.000000422. The minimum atomic E-state index is -0.981. The monoisotopic (exact) mass is 304 g/mol. The number of carbonyl (C=O) groups is 1. The molecule has 0 bridgehead atoms. The Morgan fingerprint density at radius 3 is 2.68 bits per heavy atom. The summed E-state index contributed by atoms with van der Waals surface area (Å²) in [6.07, 6.45) is 2.96. The minimum Gasteiger partial charge on any atom is -0.493 e. The van der Waals surface area contributed by atoms with Crippen LogP contribution in [0, 0.1) is 6.92 Å². The fourth-order valence-corrected chi connectivity index (χ4v) is 1.73. The zero-order valence-corrected chi connectivity index (χ0v) is 12.8. The number of rotatable bonds is 5. The molecule has 1 heterocycles. The molecule has 0 spiro atoms. The molecule has 0 aliphatic carbocycles. The van der Waals surface area contributed by atoms with Crippen LogP contribution in [-0.2, 0) is 4.79 Å². The van der Waals surface area contributed by atoms with Crippen molar-refractivity contribution >= 4 is 16.9 Å². The number of ether oxygens (including phenoxy) is 1. The topological polar surface area (TPSA) is 76.7 Å². The lowest BCUT2D eigenvalue weighted by Crippen LogP contribution is -1.99. The van der Waals surface area contributed by atoms with Crippen molar-refractivity contribution in [1.29, 1.82) is 0 Å². The summed E-state index contributed by atoms with van der Waals surface area (Å²) in [5.41, 5.74) is 1.20. The average Bonchev–Trinajstić information content (AvgIpc) is 2.47. The highest BCUT2D eigenvalue weighted by molar-refractivity contribution is 5.81. The number of benzene rings is 1. The number of hydrogen-bond donors (Lipinski definition) is 1. The lowest BCUT2D eigenvalue weighted by Gasteiger charge is -2.06. The number of carboxylic acid groups (broad SMARTS) is 1. The summed E-state index contributed by atoms with van der Waals surface area (Å²) in [5.74, 6) is -0.232. The molecule has 1 N–H and O–H groups in total. The Kier molecular flexibility index (Phi) is 6.89. The summed E-state index contributed by atoms with van der Waals surface area (Å²) in [6.45, 7) is 7.67. The molecule has 0 aliphatic heterocycles. The van der Waals surface area contributed by atoms with Gasteiger partial charge in [-0.3, -0.25) is 0 Å². The van der Waals surface area contributed by atoms with Gasteiger partial charge in [0.15, 0.2) is 0 Å². The van der Waals surface area contributed by atoms with Crippen molar-refractivity contribution in [2.75, 3.05) is 6.61 Å². The van der Waals surface area contributed by atoms with Gasteiger partial charge in [-0.05, 0) is 31.0 Å². The highest BCUT2D eigenvalue weighted by atomic mass is 16.5. The van der Waals surface area contributed by atoms with Crippen molar-refractivity contribution in [3.63, 3.8) is 0 Å². The van der Waals surface area contributed by atoms with Gasteiger partial charge in [0, 0.05) is 23.6 Å². The van der Waals surface area contributed by atoms with Gasteiger partial charge in [-0.15, -0.1) is 0 Å². The number of aryl methyl sites for hydroxylation is 1. The third kappa shape index (κ3) is 5.44. The maximum Gasteiger partial charge on any atom is 0.336 e. The molecule has 0 saturated heterocycles. The van der Waals surface area contributed by atoms with E-state index in [1.165, 1.54) is 6.07 Å². The molecule has 2 aromatic rings. The maximum atomic E-state index is 11.3. The Bertz CT molecular complexity index is 700. The predicted octanol–water partition coefficient (Wildman–Crippen LogP) is 3.54. The van der Waals surface area contributed by atoms with E-state index >= 15 is 0 Å². The fourth-order valence-electron chi connectivity index (χ4n) is 1.73. The lowest BCUT2D eigenvalue weighted by atomic mass is 10.1. The SMILES string of the molecule is C=CC(=O)O.CCCCOc1ccc2c(C)cc(=O)oc2c1. The smallest absolute Gasteiger partial charge is 0.336 e. The van der Waals surface area contributed by atoms with Crippen LogP contribution < -0.4 is 10.4 Å². The number of unbranched alkanes of at least 4 members (excludes halogenated alkanes) is 1. The minimum absolute atomic E-state index is 0.319. The van der Waals surface area contributed by atoms with Gasteiger partial charge in [-0.2, -0.15) is 0 Å². The second kappa shape index (κ2) is 8.67. The van der Waals surface area contributed by atoms with Gasteiger partial charge in [-0.25, -0.2) is 9.59 Å². The largest absolute Gasteiger partial charge is 0.493 e. The first kappa shape index (κ1) is 17.5. The van der Waals surface area contributed by atoms with Crippen LogP contribution in [0.2, 0.25) is 0 Å². The van der Waals surface area contributed by atoms with Crippen molar-refractivity contribution in [2.45, 2.75) is 26.7 Å². The zero-order chi connectivity index (χ0) is 16.5. The number of hydrogen-bond acceptors (Lipinski definition) is 4. The molecule has 0 saturated carbocycles. The van der Waals surface area contributed by atoms with E-state index in [9.17, 15) is 9.59 Å². The normalized spacial score (nSPS) is 9.73. The first-order valence-corrected chi connectivity index (χ1v) is 7.00. The summed E-state index contributed by atoms with van der Waals surface area (Å²) >= 11 is 0. The Labute approximate surface area is 128 Å². The van der Waals surface area contributed by atoms with Gasteiger partial charge in [0.25, 0.3) is 0 Å². The Morgan fingerprint density at radius 2 is 2.09 bits per heavy atom. The Hall–Kier alpha value is -2.56. The Morgan fingerprint density at radius 1 is 1.41 bits per heavy atom. The van der Waals surface area contributed by atoms with Gasteiger partial charge >= 0.3 is 11.6 Å². The van der Waals surface area contributed by atoms with E-state index in [1.54, 1.807) is 6.07 Å². The van der Waals surface area contributed by atoms with Crippen molar-refractivity contribution in [3.8, 4) is 5.75 Å². The molecule has 1 aromatic carbocycles. The summed E-state index contributed by atoms with van der Waals surface area (Å²) in [7, 11) is 0. The van der Waals surface area contributed by atoms with E-state index in [4.69, 9.17) is 14.3 Å². The van der Waals surface area contributed by atoms with E-state index in [0.29, 0.717) is 12.2 Å². The number of fused-ring (bicyclic) bond motifs is 1. The molecule has 1 aromatic heterocycles. The average molecular weight is 304 g/mol. The standard InChI is InChI=1S/C14H16O3.C3H4O2/c1-3-4-7-16-11-5-6-12-10(2)8-14(15)17-13(12)9-11;1-2-3(4)5/h5-6,8-9H,3-4,7H2,1-2H3;2H,1H2,(H,4,5). The molecule has 0 radical (unpaired) electrons. The highest BCUT2D eigenvalue weighted by Crippen LogP contribution is 2.22. The molecular formula is C17H20O5. The van der Waals surface area contributed by atoms with E-state index in [2.05, 4.69) is 13.5 Å². The van der Waals surface area contributed by atoms with Gasteiger partial charge in [-0.1, -0.05) is 19.9 Å². The molecular weight excluding hydrogens is 284 g/mol. The number of carboxylic acids is 1. The highest BCUT2D eigenvalue weighted by Gasteiger charge is 2.03. The van der Waals surface area contributed by atoms with E-state index in [-0.39, 0.29) is 5.63 Å². The second-order valence-electron chi connectivity index (χ2n) is 4.65. The first-order chi connectivity index (χ1) is 10.5. The second-order valence-corrected chi connectivity index (χ2v) is 4.65. The molecule has 5 heteroatoms. The lowest BCUT2D eigenvalue weighted by molar-refractivity contribution is -0.131. The third-order valence-corrected chi connectivity index (χ3v) is 2.86. The number of aliphatic carboxylic acids is 1. The quantitative estimate of drug-likeness (QED) is 0.519. The van der Waals surface area contributed by atoms with Crippen LogP contribution >= 0.6 is 0 Å². The van der Waals surface area contributed by atoms with Crippen LogP contribution in [0.25, 0.3) is 11.0 Å². The summed E-state index contributed by atoms with van der Waals surface area (Å²) in [6, 6.07) is 7.11. The van der Waals surface area contributed by atoms with Crippen LogP contribution in [-0.4, -0.2) is 17.7 Å². The molecule has 22 heavy (non-hydrogen) atoms. The van der Waals surface area contributed by atoms with Crippen LogP contribution in [0.3, 0.4) is 0 Å². The van der Waals surface area contributed by atoms with E-state index < -0.39 is 5.97 Å². The summed E-state index contributed by atoms with van der Waals surface area (Å²) in [5, 5.41) is 8.56. The molecule has 0 atom stereocenters. The van der Waals surface area contributed by atoms with Crippen molar-refractivity contribution < 1.29 is 19.1 Å². The molecule has 0 amide bonds. The van der Waals surface area contributed by atoms with Crippen LogP contribution in [0.4, 0.5) is 0 Å². The molecule has 0 fully saturated rings. The van der Waals surface area contributed by atoms with Crippen molar-refractivity contribution in [3.05, 3.63) is 52.9 Å². The molecule has 118 valence electrons. The summed E-state index contributed by atoms with van der Waals surface area (Å²) in [4.78, 5) is 20.5. The molecule has 0 aliphatic rings. The molecule has 0 unspecified atom stereocenters. The van der Waals surface area contributed by atoms with Crippen molar-refractivity contribution in [1.82, 2.24) is 0 Å². The van der Waals surface area contributed by atoms with Crippen LogP contribution in [0.15, 0.2) is 46.1 Å². The van der Waals surface area contributed by atoms with E-state index in [0.717, 1.165) is 35.6 Å². The van der Waals surface area contributed by atoms with Gasteiger partial charge in [0.05, 0.1) is 6.61 Å². The zero-order valence-electron chi connectivity index (χ0n) is 12.8. The molecule has 2 rings (SSSR count). The summed E-state index contributed by atoms with van der Waals surface area (Å²) < 4.78 is 10.7. The molecule has 5 nitrogen and oxygen atoms in total. The van der Waals surface area contributed by atoms with Crippen molar-refractivity contribution in [2.24, 2.45) is 0 Å². The first-order valence-electron chi connectivity index (χ1n) is 7.00. The fraction of sp³-hybridized carbons (Fsp3) is 0.294. The van der Waals surface area contributed by atoms with Crippen LogP contribution in [0.1, 0.15) is 25.3 Å².